The number of aromatic amines is 1. The number of carbonyl (C=O) groups excluding carboxylic acids is 1. The van der Waals surface area contributed by atoms with Crippen molar-refractivity contribution in [3.63, 3.8) is 0 Å². The normalized spacial score (nSPS) is 18.8. The number of H-pyrrole nitrogens is 1. The van der Waals surface area contributed by atoms with Crippen molar-refractivity contribution in [1.29, 1.82) is 0 Å². The third-order valence-electron chi connectivity index (χ3n) is 6.54. The molecule has 1 N–H and O–H groups in total. The number of hydrogen-bond acceptors (Lipinski definition) is 5. The van der Waals surface area contributed by atoms with Gasteiger partial charge in [-0.25, -0.2) is 13.8 Å². The van der Waals surface area contributed by atoms with Crippen molar-refractivity contribution in [2.24, 2.45) is 5.10 Å². The van der Waals surface area contributed by atoms with Gasteiger partial charge in [-0.05, 0) is 31.7 Å². The summed E-state index contributed by atoms with van der Waals surface area (Å²) >= 11 is 6.48. The highest BCUT2D eigenvalue weighted by molar-refractivity contribution is 6.42. The molecule has 1 atom stereocenters. The van der Waals surface area contributed by atoms with E-state index in [1.807, 2.05) is 4.90 Å². The molecule has 1 aromatic heterocycles. The minimum atomic E-state index is -2.60. The van der Waals surface area contributed by atoms with Gasteiger partial charge in [-0.1, -0.05) is 35.9 Å². The van der Waals surface area contributed by atoms with Crippen molar-refractivity contribution in [1.82, 2.24) is 19.7 Å². The molecule has 0 bridgehead atoms. The van der Waals surface area contributed by atoms with Gasteiger partial charge < -0.3 is 9.64 Å². The number of allylic oxidation sites excluding steroid dienone is 1. The highest BCUT2D eigenvalue weighted by atomic mass is 35.5. The zero-order valence-electron chi connectivity index (χ0n) is 19.5. The van der Waals surface area contributed by atoms with E-state index in [0.717, 1.165) is 18.5 Å². The summed E-state index contributed by atoms with van der Waals surface area (Å²) in [6.45, 7) is 6.63. The van der Waals surface area contributed by atoms with Gasteiger partial charge in [0.1, 0.15) is 5.03 Å². The van der Waals surface area contributed by atoms with Crippen molar-refractivity contribution in [2.75, 3.05) is 13.2 Å². The zero-order chi connectivity index (χ0) is 25.1. The second kappa shape index (κ2) is 10.7. The molecule has 3 heterocycles. The fourth-order valence-corrected chi connectivity index (χ4v) is 4.80. The first kappa shape index (κ1) is 25.1. The highest BCUT2D eigenvalue weighted by Gasteiger charge is 2.31. The quantitative estimate of drug-likeness (QED) is 0.349. The van der Waals surface area contributed by atoms with Gasteiger partial charge >= 0.3 is 0 Å². The number of hydrazone groups is 1. The van der Waals surface area contributed by atoms with Crippen molar-refractivity contribution in [2.45, 2.75) is 58.3 Å². The van der Waals surface area contributed by atoms with Crippen LogP contribution in [-0.4, -0.2) is 51.7 Å². The number of aromatic nitrogens is 2. The molecule has 1 amide bonds. The Morgan fingerprint density at radius 3 is 2.83 bits per heavy atom. The van der Waals surface area contributed by atoms with E-state index in [1.165, 1.54) is 11.1 Å². The maximum absolute atomic E-state index is 13.4. The first-order valence-corrected chi connectivity index (χ1v) is 11.9. The molecule has 35 heavy (non-hydrogen) atoms. The van der Waals surface area contributed by atoms with Crippen molar-refractivity contribution < 1.29 is 18.3 Å². The van der Waals surface area contributed by atoms with Gasteiger partial charge in [0.05, 0.1) is 12.1 Å². The van der Waals surface area contributed by atoms with Crippen LogP contribution in [0.3, 0.4) is 0 Å². The van der Waals surface area contributed by atoms with Gasteiger partial charge in [0, 0.05) is 49.8 Å². The third kappa shape index (κ3) is 5.18. The molecule has 1 fully saturated rings. The van der Waals surface area contributed by atoms with Crippen molar-refractivity contribution in [3.05, 3.63) is 67.7 Å². The fourth-order valence-electron chi connectivity index (χ4n) is 4.59. The number of ether oxygens (including phenoxy) is 1. The fraction of sp³-hybridized carbons (Fsp3) is 0.458. The van der Waals surface area contributed by atoms with Gasteiger partial charge in [0.15, 0.2) is 6.23 Å². The Bertz CT molecular complexity index is 1190. The van der Waals surface area contributed by atoms with Gasteiger partial charge in [-0.3, -0.25) is 19.4 Å². The molecule has 188 valence electrons. The van der Waals surface area contributed by atoms with Crippen LogP contribution in [0.15, 0.2) is 44.9 Å². The van der Waals surface area contributed by atoms with Gasteiger partial charge in [-0.2, -0.15) is 5.10 Å². The second-order valence-corrected chi connectivity index (χ2v) is 9.01. The molecule has 8 nitrogen and oxygen atoms in total. The summed E-state index contributed by atoms with van der Waals surface area (Å²) in [6.07, 6.45) is -0.127. The highest BCUT2D eigenvalue weighted by Crippen LogP contribution is 2.27. The maximum atomic E-state index is 13.4. The van der Waals surface area contributed by atoms with Gasteiger partial charge in [0.25, 0.3) is 17.9 Å². The molecule has 4 rings (SSSR count). The number of alkyl halides is 2. The molecule has 1 saturated heterocycles. The first-order valence-electron chi connectivity index (χ1n) is 11.5. The van der Waals surface area contributed by atoms with E-state index in [2.05, 4.69) is 16.9 Å². The monoisotopic (exact) mass is 507 g/mol. The average molecular weight is 508 g/mol. The Balaban J connectivity index is 1.54. The third-order valence-corrected chi connectivity index (χ3v) is 6.97. The Morgan fingerprint density at radius 2 is 2.14 bits per heavy atom. The summed E-state index contributed by atoms with van der Waals surface area (Å²) in [4.78, 5) is 27.6. The predicted molar refractivity (Wildman–Crippen MR) is 128 cm³/mol. The number of nitrogens with one attached hydrogen (secondary N) is 1. The van der Waals surface area contributed by atoms with E-state index in [9.17, 15) is 18.4 Å². The van der Waals surface area contributed by atoms with Crippen LogP contribution < -0.4 is 5.56 Å². The molecule has 0 radical (unpaired) electrons. The van der Waals surface area contributed by atoms with Gasteiger partial charge in [-0.15, -0.1) is 0 Å². The van der Waals surface area contributed by atoms with Crippen LogP contribution in [0.5, 0.6) is 0 Å². The van der Waals surface area contributed by atoms with Crippen LogP contribution in [0.4, 0.5) is 8.78 Å². The Labute approximate surface area is 206 Å². The zero-order valence-corrected chi connectivity index (χ0v) is 20.2. The summed E-state index contributed by atoms with van der Waals surface area (Å²) in [6, 6.07) is 6.29. The molecule has 2 aliphatic rings. The SMILES string of the molecule is C=NN(C(=O)/C(Cl)=C(\C)N1CCc2c(c(=O)[nH]n2Cc2ccccc2C(F)F)C1)C1CCCCO1. The van der Waals surface area contributed by atoms with E-state index < -0.39 is 18.6 Å². The molecular formula is C24H28ClF2N5O3. The van der Waals surface area contributed by atoms with Crippen LogP contribution in [0.2, 0.25) is 0 Å². The summed E-state index contributed by atoms with van der Waals surface area (Å²) in [7, 11) is 0. The summed E-state index contributed by atoms with van der Waals surface area (Å²) < 4.78 is 34.1. The second-order valence-electron chi connectivity index (χ2n) is 8.64. The lowest BCUT2D eigenvalue weighted by Crippen LogP contribution is -2.41. The Kier molecular flexibility index (Phi) is 7.71. The molecule has 0 aliphatic carbocycles. The average Bonchev–Trinajstić information content (AvgIpc) is 3.18. The molecule has 2 aliphatic heterocycles. The van der Waals surface area contributed by atoms with E-state index in [4.69, 9.17) is 16.3 Å². The molecular weight excluding hydrogens is 480 g/mol. The van der Waals surface area contributed by atoms with Crippen LogP contribution in [0.25, 0.3) is 0 Å². The minimum Gasteiger partial charge on any atom is -0.369 e. The molecule has 11 heteroatoms. The molecule has 0 spiro atoms. The molecule has 1 unspecified atom stereocenters. The Hall–Kier alpha value is -2.98. The number of fused-ring (bicyclic) bond motifs is 1. The maximum Gasteiger partial charge on any atom is 0.289 e. The van der Waals surface area contributed by atoms with Crippen LogP contribution in [0.1, 0.15) is 55.0 Å². The lowest BCUT2D eigenvalue weighted by molar-refractivity contribution is -0.146. The van der Waals surface area contributed by atoms with Gasteiger partial charge in [0.2, 0.25) is 0 Å². The first-order chi connectivity index (χ1) is 16.8. The summed E-state index contributed by atoms with van der Waals surface area (Å²) in [5, 5.41) is 7.76. The number of halogens is 3. The predicted octanol–water partition coefficient (Wildman–Crippen LogP) is 3.96. The standard InChI is InChI=1S/C24H28ClF2N5O3/c1-15(21(25)24(34)32(28-2)20-9-5-6-12-35-20)30-11-10-19-18(14-30)23(33)29-31(19)13-16-7-3-4-8-17(16)22(26)27/h3-4,7-8,20,22H,2,5-6,9-14H2,1H3,(H,29,33)/b21-15-. The number of amides is 1. The van der Waals surface area contributed by atoms with E-state index >= 15 is 0 Å². The largest absolute Gasteiger partial charge is 0.369 e. The number of benzene rings is 1. The minimum absolute atomic E-state index is 0.0169. The summed E-state index contributed by atoms with van der Waals surface area (Å²) in [5.74, 6) is -0.507. The van der Waals surface area contributed by atoms with Crippen molar-refractivity contribution in [3.8, 4) is 0 Å². The van der Waals surface area contributed by atoms with E-state index in [0.29, 0.717) is 42.8 Å². The lowest BCUT2D eigenvalue weighted by Gasteiger charge is -2.32. The Morgan fingerprint density at radius 1 is 1.37 bits per heavy atom. The van der Waals surface area contributed by atoms with E-state index in [-0.39, 0.29) is 29.2 Å². The van der Waals surface area contributed by atoms with Crippen LogP contribution >= 0.6 is 11.6 Å². The molecule has 0 saturated carbocycles. The topological polar surface area (TPSA) is 82.9 Å². The molecule has 1 aromatic carbocycles. The van der Waals surface area contributed by atoms with E-state index in [1.54, 1.807) is 29.8 Å². The number of carbonyl (C=O) groups is 1. The smallest absolute Gasteiger partial charge is 0.289 e. The van der Waals surface area contributed by atoms with Crippen LogP contribution in [0, 0.1) is 0 Å². The lowest BCUT2D eigenvalue weighted by atomic mass is 10.1. The summed E-state index contributed by atoms with van der Waals surface area (Å²) in [5.41, 5.74) is 1.90. The number of rotatable bonds is 7. The number of nitrogens with zero attached hydrogens (tertiary/aromatic N) is 4. The molecule has 2 aromatic rings. The number of hydrogen-bond donors (Lipinski definition) is 1. The van der Waals surface area contributed by atoms with Crippen LogP contribution in [-0.2, 0) is 29.0 Å². The van der Waals surface area contributed by atoms with Crippen molar-refractivity contribution >= 4 is 24.2 Å².